The lowest BCUT2D eigenvalue weighted by Crippen LogP contribution is -2.32. The Labute approximate surface area is 136 Å². The van der Waals surface area contributed by atoms with Crippen LogP contribution in [0.4, 0.5) is 5.69 Å². The molecule has 3 rings (SSSR count). The zero-order valence-electron chi connectivity index (χ0n) is 12.5. The number of amides is 1. The maximum atomic E-state index is 12.4. The SMILES string of the molecule is O=C(N[C@H](Cn1cccn1)c1ccccc1)c1[nH]ncc1[N+](=O)[O-]. The lowest BCUT2D eigenvalue weighted by atomic mass is 10.1. The van der Waals surface area contributed by atoms with E-state index in [0.717, 1.165) is 11.8 Å². The predicted octanol–water partition coefficient (Wildman–Crippen LogP) is 1.69. The van der Waals surface area contributed by atoms with Crippen LogP contribution in [0.5, 0.6) is 0 Å². The standard InChI is InChI=1S/C15H14N6O3/c22-15(14-13(21(23)24)9-16-19-14)18-12(10-20-8-4-7-17-20)11-5-2-1-3-6-11/h1-9,12H,10H2,(H,16,19)(H,18,22)/t12-/m1/s1. The van der Waals surface area contributed by atoms with Crippen LogP contribution in [0, 0.1) is 10.1 Å². The fourth-order valence-electron chi connectivity index (χ4n) is 2.33. The third-order valence-electron chi connectivity index (χ3n) is 3.48. The third kappa shape index (κ3) is 3.29. The minimum atomic E-state index is -0.649. The zero-order chi connectivity index (χ0) is 16.9. The van der Waals surface area contributed by atoms with Crippen molar-refractivity contribution in [1.82, 2.24) is 25.3 Å². The molecule has 0 fully saturated rings. The number of rotatable bonds is 6. The number of aromatic nitrogens is 4. The first-order valence-electron chi connectivity index (χ1n) is 7.16. The summed E-state index contributed by atoms with van der Waals surface area (Å²) in [5.41, 5.74) is 0.323. The van der Waals surface area contributed by atoms with E-state index in [1.54, 1.807) is 23.1 Å². The van der Waals surface area contributed by atoms with Crippen molar-refractivity contribution < 1.29 is 9.72 Å². The molecular weight excluding hydrogens is 312 g/mol. The van der Waals surface area contributed by atoms with Gasteiger partial charge in [0.25, 0.3) is 5.91 Å². The molecule has 0 spiro atoms. The molecule has 2 heterocycles. The normalized spacial score (nSPS) is 11.8. The predicted molar refractivity (Wildman–Crippen MR) is 84.1 cm³/mol. The van der Waals surface area contributed by atoms with Crippen molar-refractivity contribution in [2.24, 2.45) is 0 Å². The largest absolute Gasteiger partial charge is 0.342 e. The Balaban J connectivity index is 1.84. The van der Waals surface area contributed by atoms with Crippen molar-refractivity contribution in [3.63, 3.8) is 0 Å². The highest BCUT2D eigenvalue weighted by molar-refractivity contribution is 5.96. The van der Waals surface area contributed by atoms with Crippen molar-refractivity contribution >= 4 is 11.6 Å². The number of hydrogen-bond acceptors (Lipinski definition) is 5. The van der Waals surface area contributed by atoms with Crippen molar-refractivity contribution in [2.75, 3.05) is 0 Å². The molecule has 0 unspecified atom stereocenters. The molecule has 1 atom stereocenters. The molecule has 0 aliphatic carbocycles. The molecule has 24 heavy (non-hydrogen) atoms. The van der Waals surface area contributed by atoms with Crippen LogP contribution >= 0.6 is 0 Å². The maximum Gasteiger partial charge on any atom is 0.319 e. The van der Waals surface area contributed by atoms with Crippen LogP contribution in [-0.2, 0) is 6.54 Å². The van der Waals surface area contributed by atoms with E-state index in [2.05, 4.69) is 20.6 Å². The number of carbonyl (C=O) groups excluding carboxylic acids is 1. The summed E-state index contributed by atoms with van der Waals surface area (Å²) in [5, 5.41) is 23.8. The summed E-state index contributed by atoms with van der Waals surface area (Å²) in [6.07, 6.45) is 4.43. The van der Waals surface area contributed by atoms with Gasteiger partial charge in [-0.15, -0.1) is 0 Å². The first-order chi connectivity index (χ1) is 11.6. The van der Waals surface area contributed by atoms with Gasteiger partial charge in [-0.3, -0.25) is 24.7 Å². The first kappa shape index (κ1) is 15.4. The Kier molecular flexibility index (Phi) is 4.32. The van der Waals surface area contributed by atoms with Crippen molar-refractivity contribution in [3.8, 4) is 0 Å². The Hall–Kier alpha value is -3.49. The molecule has 0 radical (unpaired) electrons. The summed E-state index contributed by atoms with van der Waals surface area (Å²) in [4.78, 5) is 22.7. The lowest BCUT2D eigenvalue weighted by molar-refractivity contribution is -0.385. The number of nitro groups is 1. The monoisotopic (exact) mass is 326 g/mol. The van der Waals surface area contributed by atoms with Gasteiger partial charge < -0.3 is 5.32 Å². The second kappa shape index (κ2) is 6.73. The maximum absolute atomic E-state index is 12.4. The Morgan fingerprint density at radius 1 is 1.33 bits per heavy atom. The number of carbonyl (C=O) groups is 1. The van der Waals surface area contributed by atoms with Crippen molar-refractivity contribution in [1.29, 1.82) is 0 Å². The minimum Gasteiger partial charge on any atom is -0.342 e. The molecule has 0 saturated carbocycles. The van der Waals surface area contributed by atoms with Crippen LogP contribution in [-0.4, -0.2) is 30.8 Å². The number of H-pyrrole nitrogens is 1. The van der Waals surface area contributed by atoms with E-state index < -0.39 is 16.9 Å². The van der Waals surface area contributed by atoms with Crippen LogP contribution in [0.15, 0.2) is 55.0 Å². The van der Waals surface area contributed by atoms with E-state index in [4.69, 9.17) is 0 Å². The molecule has 0 saturated heterocycles. The second-order valence-electron chi connectivity index (χ2n) is 5.05. The van der Waals surface area contributed by atoms with Gasteiger partial charge in [-0.2, -0.15) is 10.2 Å². The van der Waals surface area contributed by atoms with Crippen LogP contribution in [0.2, 0.25) is 0 Å². The molecular formula is C15H14N6O3. The number of benzene rings is 1. The average Bonchev–Trinajstić information content (AvgIpc) is 3.26. The Morgan fingerprint density at radius 3 is 2.79 bits per heavy atom. The summed E-state index contributed by atoms with van der Waals surface area (Å²) in [5.74, 6) is -0.597. The number of nitrogens with zero attached hydrogens (tertiary/aromatic N) is 4. The van der Waals surface area contributed by atoms with Crippen molar-refractivity contribution in [3.05, 3.63) is 76.4 Å². The van der Waals surface area contributed by atoms with Gasteiger partial charge in [-0.1, -0.05) is 30.3 Å². The molecule has 0 aliphatic heterocycles. The van der Waals surface area contributed by atoms with E-state index in [1.807, 2.05) is 30.3 Å². The summed E-state index contributed by atoms with van der Waals surface area (Å²) in [6.45, 7) is 0.394. The van der Waals surface area contributed by atoms with Gasteiger partial charge in [0.15, 0.2) is 0 Å². The molecule has 9 heteroatoms. The molecule has 2 aromatic heterocycles. The van der Waals surface area contributed by atoms with Gasteiger partial charge in [-0.25, -0.2) is 0 Å². The van der Waals surface area contributed by atoms with E-state index in [-0.39, 0.29) is 11.4 Å². The van der Waals surface area contributed by atoms with Gasteiger partial charge in [0.05, 0.1) is 17.5 Å². The van der Waals surface area contributed by atoms with Gasteiger partial charge in [0.1, 0.15) is 6.20 Å². The number of nitrogens with one attached hydrogen (secondary N) is 2. The molecule has 0 bridgehead atoms. The summed E-state index contributed by atoms with van der Waals surface area (Å²) in [6, 6.07) is 10.7. The summed E-state index contributed by atoms with van der Waals surface area (Å²) >= 11 is 0. The van der Waals surface area contributed by atoms with Crippen molar-refractivity contribution in [2.45, 2.75) is 12.6 Å². The average molecular weight is 326 g/mol. The highest BCUT2D eigenvalue weighted by Crippen LogP contribution is 2.18. The van der Waals surface area contributed by atoms with Gasteiger partial charge >= 0.3 is 5.69 Å². The minimum absolute atomic E-state index is 0.179. The van der Waals surface area contributed by atoms with E-state index in [1.165, 1.54) is 0 Å². The Morgan fingerprint density at radius 2 is 2.12 bits per heavy atom. The summed E-state index contributed by atoms with van der Waals surface area (Å²) in [7, 11) is 0. The van der Waals surface area contributed by atoms with Gasteiger partial charge in [0.2, 0.25) is 5.69 Å². The zero-order valence-corrected chi connectivity index (χ0v) is 12.5. The molecule has 2 N–H and O–H groups in total. The van der Waals surface area contributed by atoms with E-state index >= 15 is 0 Å². The number of hydrogen-bond donors (Lipinski definition) is 2. The fraction of sp³-hybridized carbons (Fsp3) is 0.133. The van der Waals surface area contributed by atoms with Gasteiger partial charge in [-0.05, 0) is 11.6 Å². The van der Waals surface area contributed by atoms with E-state index in [9.17, 15) is 14.9 Å². The molecule has 3 aromatic rings. The topological polar surface area (TPSA) is 119 Å². The van der Waals surface area contributed by atoms with Gasteiger partial charge in [0, 0.05) is 12.4 Å². The van der Waals surface area contributed by atoms with Crippen LogP contribution < -0.4 is 5.32 Å². The highest BCUT2D eigenvalue weighted by atomic mass is 16.6. The molecule has 1 aromatic carbocycles. The molecule has 9 nitrogen and oxygen atoms in total. The van der Waals surface area contributed by atoms with Crippen LogP contribution in [0.25, 0.3) is 0 Å². The van der Waals surface area contributed by atoms with Crippen LogP contribution in [0.3, 0.4) is 0 Å². The first-order valence-corrected chi connectivity index (χ1v) is 7.16. The lowest BCUT2D eigenvalue weighted by Gasteiger charge is -2.19. The van der Waals surface area contributed by atoms with E-state index in [0.29, 0.717) is 6.54 Å². The molecule has 0 aliphatic rings. The quantitative estimate of drug-likeness (QED) is 0.528. The van der Waals surface area contributed by atoms with Crippen LogP contribution in [0.1, 0.15) is 22.1 Å². The third-order valence-corrected chi connectivity index (χ3v) is 3.48. The second-order valence-corrected chi connectivity index (χ2v) is 5.05. The Bertz CT molecular complexity index is 828. The highest BCUT2D eigenvalue weighted by Gasteiger charge is 2.25. The fourth-order valence-corrected chi connectivity index (χ4v) is 2.33. The smallest absolute Gasteiger partial charge is 0.319 e. The number of aromatic amines is 1. The summed E-state index contributed by atoms with van der Waals surface area (Å²) < 4.78 is 1.68. The molecule has 1 amide bonds. The molecule has 122 valence electrons.